The van der Waals surface area contributed by atoms with Gasteiger partial charge < -0.3 is 15.2 Å². The minimum absolute atomic E-state index is 0.0142. The number of esters is 1. The van der Waals surface area contributed by atoms with E-state index in [1.165, 1.54) is 25.3 Å². The molecule has 0 spiro atoms. The van der Waals surface area contributed by atoms with Crippen LogP contribution in [0.25, 0.3) is 0 Å². The Balaban J connectivity index is 2.37. The average molecular weight is 317 g/mol. The summed E-state index contributed by atoms with van der Waals surface area (Å²) in [5, 5.41) is 12.7. The summed E-state index contributed by atoms with van der Waals surface area (Å²) in [6, 6.07) is 3.58. The van der Waals surface area contributed by atoms with E-state index in [1.54, 1.807) is 0 Å². The molecule has 0 radical (unpaired) electrons. The van der Waals surface area contributed by atoms with E-state index in [4.69, 9.17) is 4.74 Å². The van der Waals surface area contributed by atoms with E-state index in [0.29, 0.717) is 6.42 Å². The highest BCUT2D eigenvalue weighted by Crippen LogP contribution is 2.28. The van der Waals surface area contributed by atoms with Crippen LogP contribution in [0.15, 0.2) is 30.0 Å². The van der Waals surface area contributed by atoms with Crippen molar-refractivity contribution >= 4 is 17.5 Å². The molecule has 0 amide bonds. The number of carbonyl (C=O) groups is 3. The number of phenols is 1. The van der Waals surface area contributed by atoms with Gasteiger partial charge in [0.15, 0.2) is 5.78 Å². The largest absolute Gasteiger partial charge is 0.507 e. The molecule has 0 fully saturated rings. The number of hydrogen-bond acceptors (Lipinski definition) is 6. The standard InChI is InChI=1S/C17H19NO5/c1-4-9(2)15(17(22)23-3)18-11-8-13(20)10-6-5-7-12(19)14(10)16(11)21/h5-9,15,18-19H,4H2,1-3H3/t9-,15-/m0/s1. The second kappa shape index (κ2) is 6.64. The third-order valence-electron chi connectivity index (χ3n) is 4.03. The number of fused-ring (bicyclic) bond motifs is 1. The van der Waals surface area contributed by atoms with Crippen LogP contribution in [0.1, 0.15) is 41.0 Å². The van der Waals surface area contributed by atoms with Crippen LogP contribution >= 0.6 is 0 Å². The Labute approximate surface area is 134 Å². The van der Waals surface area contributed by atoms with Crippen molar-refractivity contribution in [2.24, 2.45) is 5.92 Å². The SMILES string of the molecule is CC[C@H](C)[C@H](NC1=CC(=O)c2cccc(O)c2C1=O)C(=O)OC. The smallest absolute Gasteiger partial charge is 0.328 e. The number of allylic oxidation sites excluding steroid dienone is 2. The summed E-state index contributed by atoms with van der Waals surface area (Å²) in [6.45, 7) is 3.75. The van der Waals surface area contributed by atoms with Gasteiger partial charge >= 0.3 is 5.97 Å². The van der Waals surface area contributed by atoms with Gasteiger partial charge in [-0.2, -0.15) is 0 Å². The van der Waals surface area contributed by atoms with Crippen molar-refractivity contribution in [2.45, 2.75) is 26.3 Å². The highest BCUT2D eigenvalue weighted by Gasteiger charge is 2.32. The molecule has 1 aromatic rings. The Morgan fingerprint density at radius 2 is 2.04 bits per heavy atom. The van der Waals surface area contributed by atoms with Crippen molar-refractivity contribution in [1.29, 1.82) is 0 Å². The van der Waals surface area contributed by atoms with Gasteiger partial charge in [0.05, 0.1) is 18.4 Å². The molecule has 0 heterocycles. The summed E-state index contributed by atoms with van der Waals surface area (Å²) in [7, 11) is 1.27. The molecular weight excluding hydrogens is 298 g/mol. The second-order valence-corrected chi connectivity index (χ2v) is 5.48. The zero-order valence-corrected chi connectivity index (χ0v) is 13.3. The molecule has 6 nitrogen and oxygen atoms in total. The Morgan fingerprint density at radius 3 is 2.65 bits per heavy atom. The number of phenolic OH excluding ortho intramolecular Hbond substituents is 1. The van der Waals surface area contributed by atoms with Crippen molar-refractivity contribution < 1.29 is 24.2 Å². The van der Waals surface area contributed by atoms with Crippen molar-refractivity contribution in [2.75, 3.05) is 7.11 Å². The first-order chi connectivity index (χ1) is 10.9. The van der Waals surface area contributed by atoms with Gasteiger partial charge in [0.2, 0.25) is 5.78 Å². The quantitative estimate of drug-likeness (QED) is 0.805. The van der Waals surface area contributed by atoms with E-state index in [2.05, 4.69) is 5.32 Å². The fourth-order valence-electron chi connectivity index (χ4n) is 2.46. The predicted octanol–water partition coefficient (Wildman–Crippen LogP) is 1.83. The first-order valence-corrected chi connectivity index (χ1v) is 7.37. The van der Waals surface area contributed by atoms with Gasteiger partial charge in [-0.05, 0) is 12.0 Å². The monoisotopic (exact) mass is 317 g/mol. The lowest BCUT2D eigenvalue weighted by Gasteiger charge is -2.25. The average Bonchev–Trinajstić information content (AvgIpc) is 2.55. The van der Waals surface area contributed by atoms with E-state index >= 15 is 0 Å². The Kier molecular flexibility index (Phi) is 4.83. The van der Waals surface area contributed by atoms with E-state index in [1.807, 2.05) is 13.8 Å². The zero-order valence-electron chi connectivity index (χ0n) is 13.3. The highest BCUT2D eigenvalue weighted by molar-refractivity contribution is 6.25. The zero-order chi connectivity index (χ0) is 17.1. The van der Waals surface area contributed by atoms with E-state index < -0.39 is 23.6 Å². The molecule has 1 aliphatic rings. The number of aromatic hydroxyl groups is 1. The van der Waals surface area contributed by atoms with Crippen LogP contribution in [0.3, 0.4) is 0 Å². The van der Waals surface area contributed by atoms with E-state index in [-0.39, 0.29) is 28.5 Å². The molecule has 0 aliphatic heterocycles. The highest BCUT2D eigenvalue weighted by atomic mass is 16.5. The first-order valence-electron chi connectivity index (χ1n) is 7.37. The summed E-state index contributed by atoms with van der Waals surface area (Å²) in [5.41, 5.74) is 0.0914. The number of carbonyl (C=O) groups excluding carboxylic acids is 3. The molecule has 0 aromatic heterocycles. The number of ether oxygens (including phenoxy) is 1. The number of Topliss-reactive ketones (excluding diaryl/α,β-unsaturated/α-hetero) is 1. The summed E-state index contributed by atoms with van der Waals surface area (Å²) >= 11 is 0. The molecule has 2 N–H and O–H groups in total. The molecule has 122 valence electrons. The molecule has 0 saturated carbocycles. The lowest BCUT2D eigenvalue weighted by molar-refractivity contribution is -0.144. The Bertz CT molecular complexity index is 692. The lowest BCUT2D eigenvalue weighted by atomic mass is 9.90. The Morgan fingerprint density at radius 1 is 1.35 bits per heavy atom. The number of benzene rings is 1. The maximum atomic E-state index is 12.5. The third kappa shape index (κ3) is 3.11. The molecule has 0 saturated heterocycles. The number of methoxy groups -OCH3 is 1. The maximum absolute atomic E-state index is 12.5. The van der Waals surface area contributed by atoms with Crippen LogP contribution in [-0.4, -0.2) is 35.8 Å². The van der Waals surface area contributed by atoms with Crippen molar-refractivity contribution in [1.82, 2.24) is 5.32 Å². The molecule has 0 unspecified atom stereocenters. The molecular formula is C17H19NO5. The van der Waals surface area contributed by atoms with Gasteiger partial charge in [-0.25, -0.2) is 4.79 Å². The summed E-state index contributed by atoms with van der Waals surface area (Å²) in [6.07, 6.45) is 1.84. The summed E-state index contributed by atoms with van der Waals surface area (Å²) in [4.78, 5) is 36.6. The van der Waals surface area contributed by atoms with Gasteiger partial charge in [-0.3, -0.25) is 9.59 Å². The fraction of sp³-hybridized carbons (Fsp3) is 0.353. The van der Waals surface area contributed by atoms with Crippen LogP contribution in [0.4, 0.5) is 0 Å². The van der Waals surface area contributed by atoms with Crippen LogP contribution in [-0.2, 0) is 9.53 Å². The third-order valence-corrected chi connectivity index (χ3v) is 4.03. The van der Waals surface area contributed by atoms with Crippen LogP contribution in [0.2, 0.25) is 0 Å². The topological polar surface area (TPSA) is 92.7 Å². The van der Waals surface area contributed by atoms with Crippen LogP contribution in [0.5, 0.6) is 5.75 Å². The minimum Gasteiger partial charge on any atom is -0.507 e. The van der Waals surface area contributed by atoms with Crippen LogP contribution in [0, 0.1) is 5.92 Å². The van der Waals surface area contributed by atoms with E-state index in [9.17, 15) is 19.5 Å². The summed E-state index contributed by atoms with van der Waals surface area (Å²) in [5.74, 6) is -1.78. The predicted molar refractivity (Wildman–Crippen MR) is 83.2 cm³/mol. The molecule has 0 bridgehead atoms. The maximum Gasteiger partial charge on any atom is 0.328 e. The number of hydrogen-bond donors (Lipinski definition) is 2. The molecule has 2 rings (SSSR count). The fourth-order valence-corrected chi connectivity index (χ4v) is 2.46. The normalized spacial score (nSPS) is 16.2. The van der Waals surface area contributed by atoms with Crippen molar-refractivity contribution in [3.8, 4) is 5.75 Å². The van der Waals surface area contributed by atoms with Gasteiger partial charge in [-0.15, -0.1) is 0 Å². The molecule has 23 heavy (non-hydrogen) atoms. The first kappa shape index (κ1) is 16.7. The van der Waals surface area contributed by atoms with Gasteiger partial charge in [0.1, 0.15) is 11.8 Å². The van der Waals surface area contributed by atoms with E-state index in [0.717, 1.165) is 6.08 Å². The molecule has 2 atom stereocenters. The van der Waals surface area contributed by atoms with Gasteiger partial charge in [-0.1, -0.05) is 32.4 Å². The molecule has 1 aromatic carbocycles. The Hall–Kier alpha value is -2.63. The number of rotatable bonds is 5. The van der Waals surface area contributed by atoms with Gasteiger partial charge in [0.25, 0.3) is 0 Å². The lowest BCUT2D eigenvalue weighted by Crippen LogP contribution is -2.44. The number of ketones is 2. The molecule has 1 aliphatic carbocycles. The van der Waals surface area contributed by atoms with Crippen molar-refractivity contribution in [3.05, 3.63) is 41.1 Å². The van der Waals surface area contributed by atoms with Crippen LogP contribution < -0.4 is 5.32 Å². The number of nitrogens with one attached hydrogen (secondary N) is 1. The molecule has 6 heteroatoms. The summed E-state index contributed by atoms with van der Waals surface area (Å²) < 4.78 is 4.76. The van der Waals surface area contributed by atoms with Gasteiger partial charge in [0, 0.05) is 11.6 Å². The minimum atomic E-state index is -0.750. The second-order valence-electron chi connectivity index (χ2n) is 5.48. The van der Waals surface area contributed by atoms with Crippen molar-refractivity contribution in [3.63, 3.8) is 0 Å².